The largest absolute Gasteiger partial charge is 0.350 e. The summed E-state index contributed by atoms with van der Waals surface area (Å²) in [5, 5.41) is 7.80. The third-order valence-electron chi connectivity index (χ3n) is 5.87. The smallest absolute Gasteiger partial charge is 0.258 e. The van der Waals surface area contributed by atoms with E-state index in [1.54, 1.807) is 29.2 Å². The summed E-state index contributed by atoms with van der Waals surface area (Å²) in [6.45, 7) is 4.40. The van der Waals surface area contributed by atoms with E-state index in [0.29, 0.717) is 29.8 Å². The lowest BCUT2D eigenvalue weighted by Gasteiger charge is -2.18. The summed E-state index contributed by atoms with van der Waals surface area (Å²) in [5.41, 5.74) is 2.55. The van der Waals surface area contributed by atoms with Crippen molar-refractivity contribution in [1.82, 2.24) is 5.32 Å². The molecule has 0 spiro atoms. The number of para-hydroxylation sites is 1. The maximum atomic E-state index is 12.9. The fraction of sp³-hybridized carbons (Fsp3) is 0.269. The highest BCUT2D eigenvalue weighted by atomic mass is 16.2. The van der Waals surface area contributed by atoms with E-state index in [4.69, 9.17) is 0 Å². The van der Waals surface area contributed by atoms with Crippen LogP contribution in [-0.4, -0.2) is 30.3 Å². The maximum Gasteiger partial charge on any atom is 0.258 e. The second-order valence-electron chi connectivity index (χ2n) is 8.12. The van der Waals surface area contributed by atoms with Gasteiger partial charge in [0.05, 0.1) is 16.9 Å². The minimum Gasteiger partial charge on any atom is -0.350 e. The molecule has 0 saturated heterocycles. The van der Waals surface area contributed by atoms with Crippen LogP contribution in [0, 0.1) is 0 Å². The van der Waals surface area contributed by atoms with Crippen LogP contribution < -0.4 is 15.5 Å². The third-order valence-corrected chi connectivity index (χ3v) is 5.87. The Morgan fingerprint density at radius 3 is 2.53 bits per heavy atom. The standard InChI is InChI=1S/C26H27N3O3/c1-3-17(2)27-25(31)19-11-4-5-13-21(19)28-23(30)15-8-16-29-22-14-7-10-18-9-6-12-20(24(18)22)26(29)32/h4-7,9-14,17H,3,8,15-16H2,1-2H3,(H,27,31)(H,28,30). The number of hydrogen-bond donors (Lipinski definition) is 2. The van der Waals surface area contributed by atoms with E-state index >= 15 is 0 Å². The highest BCUT2D eigenvalue weighted by Gasteiger charge is 2.29. The lowest BCUT2D eigenvalue weighted by Crippen LogP contribution is -2.32. The first-order chi connectivity index (χ1) is 15.5. The van der Waals surface area contributed by atoms with E-state index in [9.17, 15) is 14.4 Å². The summed E-state index contributed by atoms with van der Waals surface area (Å²) in [5.74, 6) is -0.413. The van der Waals surface area contributed by atoms with Gasteiger partial charge in [0.25, 0.3) is 11.8 Å². The summed E-state index contributed by atoms with van der Waals surface area (Å²) < 4.78 is 0. The van der Waals surface area contributed by atoms with Crippen LogP contribution in [0.2, 0.25) is 0 Å². The van der Waals surface area contributed by atoms with Gasteiger partial charge in [-0.1, -0.05) is 43.3 Å². The van der Waals surface area contributed by atoms with Crippen LogP contribution in [0.5, 0.6) is 0 Å². The fourth-order valence-corrected chi connectivity index (χ4v) is 4.01. The molecule has 0 aliphatic carbocycles. The molecule has 164 valence electrons. The summed E-state index contributed by atoms with van der Waals surface area (Å²) in [7, 11) is 0. The van der Waals surface area contributed by atoms with E-state index in [-0.39, 0.29) is 30.2 Å². The number of hydrogen-bond acceptors (Lipinski definition) is 3. The first kappa shape index (κ1) is 21.6. The van der Waals surface area contributed by atoms with Crippen LogP contribution in [0.4, 0.5) is 11.4 Å². The van der Waals surface area contributed by atoms with Gasteiger partial charge in [-0.05, 0) is 49.4 Å². The molecule has 1 aliphatic heterocycles. The molecule has 0 radical (unpaired) electrons. The molecule has 0 saturated carbocycles. The SMILES string of the molecule is CCC(C)NC(=O)c1ccccc1NC(=O)CCCN1C(=O)c2cccc3cccc1c23. The van der Waals surface area contributed by atoms with Crippen molar-refractivity contribution in [3.63, 3.8) is 0 Å². The predicted molar refractivity (Wildman–Crippen MR) is 127 cm³/mol. The van der Waals surface area contributed by atoms with E-state index in [0.717, 1.165) is 22.9 Å². The highest BCUT2D eigenvalue weighted by Crippen LogP contribution is 2.37. The second kappa shape index (κ2) is 9.22. The van der Waals surface area contributed by atoms with Gasteiger partial charge in [0, 0.05) is 30.0 Å². The van der Waals surface area contributed by atoms with Crippen molar-refractivity contribution in [3.8, 4) is 0 Å². The van der Waals surface area contributed by atoms with E-state index < -0.39 is 0 Å². The molecule has 3 aromatic rings. The number of nitrogens with one attached hydrogen (secondary N) is 2. The summed E-state index contributed by atoms with van der Waals surface area (Å²) in [6.07, 6.45) is 1.59. The second-order valence-corrected chi connectivity index (χ2v) is 8.12. The number of nitrogens with zero attached hydrogens (tertiary/aromatic N) is 1. The van der Waals surface area contributed by atoms with Crippen LogP contribution in [0.3, 0.4) is 0 Å². The van der Waals surface area contributed by atoms with Gasteiger partial charge in [-0.2, -0.15) is 0 Å². The molecule has 0 bridgehead atoms. The fourth-order valence-electron chi connectivity index (χ4n) is 4.01. The normalized spacial score (nSPS) is 13.3. The molecule has 2 N–H and O–H groups in total. The predicted octanol–water partition coefficient (Wildman–Crippen LogP) is 4.75. The maximum absolute atomic E-state index is 12.9. The van der Waals surface area contributed by atoms with Crippen molar-refractivity contribution in [1.29, 1.82) is 0 Å². The van der Waals surface area contributed by atoms with Crippen molar-refractivity contribution < 1.29 is 14.4 Å². The molecule has 1 aliphatic rings. The lowest BCUT2D eigenvalue weighted by molar-refractivity contribution is -0.116. The third kappa shape index (κ3) is 4.21. The number of carbonyl (C=O) groups excluding carboxylic acids is 3. The zero-order valence-corrected chi connectivity index (χ0v) is 18.4. The van der Waals surface area contributed by atoms with Crippen molar-refractivity contribution in [2.45, 2.75) is 39.2 Å². The Morgan fingerprint density at radius 1 is 1.00 bits per heavy atom. The molecular weight excluding hydrogens is 402 g/mol. The Labute approximate surface area is 187 Å². The Bertz CT molecular complexity index is 1180. The number of rotatable bonds is 8. The molecule has 3 aromatic carbocycles. The molecule has 1 unspecified atom stereocenters. The molecule has 6 heteroatoms. The van der Waals surface area contributed by atoms with E-state index in [2.05, 4.69) is 10.6 Å². The number of benzene rings is 3. The van der Waals surface area contributed by atoms with Crippen molar-refractivity contribution >= 4 is 39.9 Å². The van der Waals surface area contributed by atoms with E-state index in [1.165, 1.54) is 0 Å². The Kier molecular flexibility index (Phi) is 6.21. The van der Waals surface area contributed by atoms with Crippen LogP contribution in [0.25, 0.3) is 10.8 Å². The monoisotopic (exact) mass is 429 g/mol. The summed E-state index contributed by atoms with van der Waals surface area (Å²) in [4.78, 5) is 39.7. The molecule has 0 aromatic heterocycles. The molecule has 1 atom stereocenters. The average molecular weight is 430 g/mol. The minimum absolute atomic E-state index is 0.0238. The Hall–Kier alpha value is -3.67. The van der Waals surface area contributed by atoms with Gasteiger partial charge in [-0.25, -0.2) is 0 Å². The molecule has 1 heterocycles. The summed E-state index contributed by atoms with van der Waals surface area (Å²) >= 11 is 0. The topological polar surface area (TPSA) is 78.5 Å². The van der Waals surface area contributed by atoms with Crippen LogP contribution in [0.15, 0.2) is 60.7 Å². The molecule has 3 amide bonds. The van der Waals surface area contributed by atoms with Gasteiger partial charge in [-0.15, -0.1) is 0 Å². The first-order valence-corrected chi connectivity index (χ1v) is 11.0. The Morgan fingerprint density at radius 2 is 1.75 bits per heavy atom. The van der Waals surface area contributed by atoms with Gasteiger partial charge in [0.1, 0.15) is 0 Å². The van der Waals surface area contributed by atoms with Gasteiger partial charge in [-0.3, -0.25) is 14.4 Å². The van der Waals surface area contributed by atoms with Gasteiger partial charge in [0.2, 0.25) is 5.91 Å². The van der Waals surface area contributed by atoms with Crippen LogP contribution in [0.1, 0.15) is 53.8 Å². The number of carbonyl (C=O) groups is 3. The molecule has 32 heavy (non-hydrogen) atoms. The first-order valence-electron chi connectivity index (χ1n) is 11.0. The quantitative estimate of drug-likeness (QED) is 0.543. The molecular formula is C26H27N3O3. The van der Waals surface area contributed by atoms with Gasteiger partial charge >= 0.3 is 0 Å². The zero-order valence-electron chi connectivity index (χ0n) is 18.4. The van der Waals surface area contributed by atoms with Crippen molar-refractivity contribution in [2.24, 2.45) is 0 Å². The minimum atomic E-state index is -0.205. The molecule has 4 rings (SSSR count). The molecule has 6 nitrogen and oxygen atoms in total. The van der Waals surface area contributed by atoms with Crippen LogP contribution in [-0.2, 0) is 4.79 Å². The highest BCUT2D eigenvalue weighted by molar-refractivity contribution is 6.25. The number of amides is 3. The Balaban J connectivity index is 1.38. The van der Waals surface area contributed by atoms with Crippen LogP contribution >= 0.6 is 0 Å². The zero-order chi connectivity index (χ0) is 22.7. The van der Waals surface area contributed by atoms with E-state index in [1.807, 2.05) is 50.2 Å². The lowest BCUT2D eigenvalue weighted by atomic mass is 10.1. The van der Waals surface area contributed by atoms with Crippen molar-refractivity contribution in [2.75, 3.05) is 16.8 Å². The average Bonchev–Trinajstić information content (AvgIpc) is 3.07. The molecule has 0 fully saturated rings. The van der Waals surface area contributed by atoms with Gasteiger partial charge in [0.15, 0.2) is 0 Å². The van der Waals surface area contributed by atoms with Gasteiger partial charge < -0.3 is 15.5 Å². The summed E-state index contributed by atoms with van der Waals surface area (Å²) in [6, 6.07) is 18.7. The number of anilines is 2. The van der Waals surface area contributed by atoms with Crippen molar-refractivity contribution in [3.05, 3.63) is 71.8 Å².